The highest BCUT2D eigenvalue weighted by Crippen LogP contribution is 2.23. The Morgan fingerprint density at radius 1 is 1.35 bits per heavy atom. The van der Waals surface area contributed by atoms with Gasteiger partial charge in [0.05, 0.1) is 5.56 Å². The van der Waals surface area contributed by atoms with Crippen LogP contribution >= 0.6 is 0 Å². The molecular formula is C17H22N4O2. The average molecular weight is 314 g/mol. The fourth-order valence-corrected chi connectivity index (χ4v) is 1.95. The lowest BCUT2D eigenvalue weighted by molar-refractivity contribution is 0.1000. The molecule has 0 aliphatic carbocycles. The van der Waals surface area contributed by atoms with Crippen molar-refractivity contribution in [3.63, 3.8) is 0 Å². The maximum atomic E-state index is 10.4. The first-order chi connectivity index (χ1) is 11.0. The number of hydrogen-bond donors (Lipinski definition) is 3. The first-order valence-corrected chi connectivity index (χ1v) is 7.31. The van der Waals surface area contributed by atoms with Crippen molar-refractivity contribution in [3.05, 3.63) is 53.9 Å². The number of nitrogens with zero attached hydrogens (tertiary/aromatic N) is 2. The van der Waals surface area contributed by atoms with Gasteiger partial charge in [-0.05, 0) is 38.1 Å². The number of carbonyl (C=O) groups is 1. The lowest BCUT2D eigenvalue weighted by atomic mass is 10.2. The summed E-state index contributed by atoms with van der Waals surface area (Å²) in [6.07, 6.45) is 4.18. The van der Waals surface area contributed by atoms with E-state index in [1.54, 1.807) is 30.5 Å². The van der Waals surface area contributed by atoms with E-state index in [-0.39, 0.29) is 5.75 Å². The number of nitrogens with one attached hydrogen (secondary N) is 1. The van der Waals surface area contributed by atoms with E-state index in [9.17, 15) is 9.90 Å². The molecule has 6 nitrogen and oxygen atoms in total. The number of hydrogen-bond acceptors (Lipinski definition) is 5. The molecule has 0 saturated heterocycles. The smallest absolute Gasteiger partial charge is 0.250 e. The zero-order valence-corrected chi connectivity index (χ0v) is 13.4. The van der Waals surface area contributed by atoms with Crippen LogP contribution in [-0.4, -0.2) is 35.3 Å². The summed E-state index contributed by atoms with van der Waals surface area (Å²) in [7, 11) is 0. The quantitative estimate of drug-likeness (QED) is 0.737. The fourth-order valence-electron chi connectivity index (χ4n) is 1.95. The zero-order chi connectivity index (χ0) is 17.2. The molecule has 122 valence electrons. The number of rotatable bonds is 5. The van der Waals surface area contributed by atoms with Crippen LogP contribution in [0.3, 0.4) is 0 Å². The summed E-state index contributed by atoms with van der Waals surface area (Å²) >= 11 is 0. The number of primary amides is 1. The number of carbonyl (C=O) groups excluding carboxylic acids is 1. The van der Waals surface area contributed by atoms with Gasteiger partial charge in [-0.2, -0.15) is 0 Å². The van der Waals surface area contributed by atoms with Crippen molar-refractivity contribution in [2.24, 2.45) is 5.73 Å². The third kappa shape index (κ3) is 5.43. The second kappa shape index (κ2) is 9.19. The predicted octanol–water partition coefficient (Wildman–Crippen LogP) is 2.42. The molecular weight excluding hydrogens is 292 g/mol. The van der Waals surface area contributed by atoms with E-state index in [1.807, 2.05) is 6.07 Å². The summed E-state index contributed by atoms with van der Waals surface area (Å²) in [5.41, 5.74) is 6.93. The largest absolute Gasteiger partial charge is 0.507 e. The molecule has 1 aromatic carbocycles. The minimum atomic E-state index is -0.442. The van der Waals surface area contributed by atoms with Gasteiger partial charge in [0.15, 0.2) is 0 Å². The second-order valence-corrected chi connectivity index (χ2v) is 4.67. The van der Waals surface area contributed by atoms with Gasteiger partial charge in [0.25, 0.3) is 0 Å². The summed E-state index contributed by atoms with van der Waals surface area (Å²) in [4.78, 5) is 16.2. The molecule has 2 aromatic rings. The van der Waals surface area contributed by atoms with Gasteiger partial charge >= 0.3 is 0 Å². The van der Waals surface area contributed by atoms with Gasteiger partial charge in [-0.15, -0.1) is 0 Å². The number of aromatic hydroxyl groups is 1. The molecule has 4 N–H and O–H groups in total. The number of phenolic OH excluding ortho intramolecular Hbond substituents is 1. The Hall–Kier alpha value is -2.89. The van der Waals surface area contributed by atoms with Gasteiger partial charge < -0.3 is 21.1 Å². The van der Waals surface area contributed by atoms with Crippen molar-refractivity contribution < 1.29 is 9.90 Å². The number of aromatic nitrogens is 1. The third-order valence-electron chi connectivity index (χ3n) is 3.24. The van der Waals surface area contributed by atoms with E-state index in [0.717, 1.165) is 25.0 Å². The van der Waals surface area contributed by atoms with Crippen LogP contribution in [0, 0.1) is 5.41 Å². The number of anilines is 1. The molecule has 2 rings (SSSR count). The van der Waals surface area contributed by atoms with Crippen molar-refractivity contribution in [1.82, 2.24) is 4.98 Å². The highest BCUT2D eigenvalue weighted by molar-refractivity contribution is 5.92. The van der Waals surface area contributed by atoms with E-state index in [2.05, 4.69) is 23.7 Å². The Bertz CT molecular complexity index is 640. The number of benzene rings is 1. The highest BCUT2D eigenvalue weighted by Gasteiger charge is 2.04. The van der Waals surface area contributed by atoms with Crippen LogP contribution in [0.5, 0.6) is 5.75 Å². The van der Waals surface area contributed by atoms with Crippen LogP contribution in [-0.2, 0) is 0 Å². The second-order valence-electron chi connectivity index (χ2n) is 4.67. The first kappa shape index (κ1) is 18.2. The van der Waals surface area contributed by atoms with Crippen LogP contribution in [0.2, 0.25) is 0 Å². The number of amides is 1. The summed E-state index contributed by atoms with van der Waals surface area (Å²) < 4.78 is 0. The van der Waals surface area contributed by atoms with Crippen LogP contribution in [0.15, 0.2) is 42.7 Å². The SMILES string of the molecule is CCN(CC)c1ccc(C=N)c(O)c1.NC(=O)c1cccnc1. The van der Waals surface area contributed by atoms with E-state index >= 15 is 0 Å². The molecule has 0 aliphatic rings. The minimum absolute atomic E-state index is 0.171. The van der Waals surface area contributed by atoms with Crippen molar-refractivity contribution in [1.29, 1.82) is 5.41 Å². The predicted molar refractivity (Wildman–Crippen MR) is 92.3 cm³/mol. The number of phenols is 1. The zero-order valence-electron chi connectivity index (χ0n) is 13.4. The molecule has 0 aliphatic heterocycles. The molecule has 1 amide bonds. The lowest BCUT2D eigenvalue weighted by Crippen LogP contribution is -2.21. The lowest BCUT2D eigenvalue weighted by Gasteiger charge is -2.21. The monoisotopic (exact) mass is 314 g/mol. The summed E-state index contributed by atoms with van der Waals surface area (Å²) in [5, 5.41) is 16.6. The molecule has 1 heterocycles. The third-order valence-corrected chi connectivity index (χ3v) is 3.24. The van der Waals surface area contributed by atoms with Crippen molar-refractivity contribution in [2.75, 3.05) is 18.0 Å². The van der Waals surface area contributed by atoms with Gasteiger partial charge in [0.1, 0.15) is 5.75 Å². The van der Waals surface area contributed by atoms with Crippen molar-refractivity contribution in [3.8, 4) is 5.75 Å². The molecule has 0 atom stereocenters. The molecule has 0 spiro atoms. The Morgan fingerprint density at radius 3 is 2.43 bits per heavy atom. The Morgan fingerprint density at radius 2 is 2.04 bits per heavy atom. The Labute approximate surface area is 136 Å². The maximum Gasteiger partial charge on any atom is 0.250 e. The molecule has 0 fully saturated rings. The molecule has 23 heavy (non-hydrogen) atoms. The van der Waals surface area contributed by atoms with Gasteiger partial charge in [-0.25, -0.2) is 0 Å². The van der Waals surface area contributed by atoms with Gasteiger partial charge in [0.2, 0.25) is 5.91 Å². The fraction of sp³-hybridized carbons (Fsp3) is 0.235. The van der Waals surface area contributed by atoms with Gasteiger partial charge in [-0.3, -0.25) is 9.78 Å². The topological polar surface area (TPSA) is 103 Å². The molecule has 0 saturated carbocycles. The van der Waals surface area contributed by atoms with Crippen LogP contribution in [0.4, 0.5) is 5.69 Å². The van der Waals surface area contributed by atoms with Crippen LogP contribution in [0.25, 0.3) is 0 Å². The van der Waals surface area contributed by atoms with Crippen LogP contribution in [0.1, 0.15) is 29.8 Å². The molecule has 0 radical (unpaired) electrons. The average Bonchev–Trinajstić information content (AvgIpc) is 2.57. The molecule has 1 aromatic heterocycles. The van der Waals surface area contributed by atoms with Crippen molar-refractivity contribution >= 4 is 17.8 Å². The first-order valence-electron chi connectivity index (χ1n) is 7.31. The summed E-state index contributed by atoms with van der Waals surface area (Å²) in [5.74, 6) is -0.271. The van der Waals surface area contributed by atoms with Crippen molar-refractivity contribution in [2.45, 2.75) is 13.8 Å². The van der Waals surface area contributed by atoms with Gasteiger partial charge in [-0.1, -0.05) is 0 Å². The minimum Gasteiger partial charge on any atom is -0.507 e. The molecule has 6 heteroatoms. The Kier molecular flexibility index (Phi) is 7.26. The van der Waals surface area contributed by atoms with Crippen LogP contribution < -0.4 is 10.6 Å². The Balaban J connectivity index is 0.000000253. The maximum absolute atomic E-state index is 10.4. The standard InChI is InChI=1S/C11H16N2O.C6H6N2O/c1-3-13(4-2)10-6-5-9(8-12)11(14)7-10;7-6(9)5-2-1-3-8-4-5/h5-8,12,14H,3-4H2,1-2H3;1-4H,(H2,7,9). The van der Waals surface area contributed by atoms with E-state index in [4.69, 9.17) is 11.1 Å². The van der Waals surface area contributed by atoms with E-state index < -0.39 is 5.91 Å². The number of nitrogens with two attached hydrogens (primary N) is 1. The number of pyridine rings is 1. The normalized spacial score (nSPS) is 9.48. The highest BCUT2D eigenvalue weighted by atomic mass is 16.3. The molecule has 0 bridgehead atoms. The summed E-state index contributed by atoms with van der Waals surface area (Å²) in [6.45, 7) is 5.98. The van der Waals surface area contributed by atoms with Gasteiger partial charge in [0, 0.05) is 49.0 Å². The van der Waals surface area contributed by atoms with E-state index in [0.29, 0.717) is 11.1 Å². The van der Waals surface area contributed by atoms with E-state index in [1.165, 1.54) is 6.20 Å². The molecule has 0 unspecified atom stereocenters. The summed E-state index contributed by atoms with van der Waals surface area (Å²) in [6, 6.07) is 8.67.